The molecule has 31 heavy (non-hydrogen) atoms. The molecule has 0 spiro atoms. The summed E-state index contributed by atoms with van der Waals surface area (Å²) in [6.45, 7) is 5.46. The predicted molar refractivity (Wildman–Crippen MR) is 119 cm³/mol. The third-order valence-electron chi connectivity index (χ3n) is 4.79. The van der Waals surface area contributed by atoms with Crippen molar-refractivity contribution < 1.29 is 14.3 Å². The van der Waals surface area contributed by atoms with E-state index in [9.17, 15) is 9.59 Å². The van der Waals surface area contributed by atoms with Gasteiger partial charge in [-0.15, -0.1) is 0 Å². The molecule has 0 aliphatic heterocycles. The molecule has 0 aliphatic rings. The SMILES string of the molecule is Cc1cc(C)cc(NC(=O)C(C)OC(=O)c2ccc3nc(-c4cccnc4)[nH]c3c2)c1. The first-order valence-electron chi connectivity index (χ1n) is 9.89. The summed E-state index contributed by atoms with van der Waals surface area (Å²) in [6, 6.07) is 14.5. The van der Waals surface area contributed by atoms with E-state index < -0.39 is 12.1 Å². The number of aromatic nitrogens is 3. The van der Waals surface area contributed by atoms with E-state index in [1.54, 1.807) is 37.5 Å². The largest absolute Gasteiger partial charge is 0.449 e. The second-order valence-corrected chi connectivity index (χ2v) is 7.47. The molecule has 2 aromatic heterocycles. The standard InChI is InChI=1S/C24H22N4O3/c1-14-9-15(2)11-19(10-14)26-23(29)16(3)31-24(30)17-6-7-20-21(12-17)28-22(27-20)18-5-4-8-25-13-18/h4-13,16H,1-3H3,(H,26,29)(H,27,28). The number of hydrogen-bond donors (Lipinski definition) is 2. The fourth-order valence-electron chi connectivity index (χ4n) is 3.35. The van der Waals surface area contributed by atoms with Crippen LogP contribution in [0.2, 0.25) is 0 Å². The number of H-pyrrole nitrogens is 1. The van der Waals surface area contributed by atoms with Crippen LogP contribution in [0.1, 0.15) is 28.4 Å². The third-order valence-corrected chi connectivity index (χ3v) is 4.79. The van der Waals surface area contributed by atoms with Crippen molar-refractivity contribution in [1.29, 1.82) is 0 Å². The van der Waals surface area contributed by atoms with Crippen molar-refractivity contribution in [2.24, 2.45) is 0 Å². The van der Waals surface area contributed by atoms with Gasteiger partial charge in [-0.1, -0.05) is 6.07 Å². The monoisotopic (exact) mass is 414 g/mol. The van der Waals surface area contributed by atoms with E-state index in [1.807, 2.05) is 44.2 Å². The second kappa shape index (κ2) is 8.39. The number of aryl methyl sites for hydroxylation is 2. The Hall–Kier alpha value is -4.00. The Balaban J connectivity index is 1.46. The number of amides is 1. The Labute approximate surface area is 179 Å². The maximum absolute atomic E-state index is 12.6. The number of pyridine rings is 1. The zero-order valence-electron chi connectivity index (χ0n) is 17.5. The van der Waals surface area contributed by atoms with E-state index in [4.69, 9.17) is 4.74 Å². The smallest absolute Gasteiger partial charge is 0.338 e. The highest BCUT2D eigenvalue weighted by Crippen LogP contribution is 2.21. The number of fused-ring (bicyclic) bond motifs is 1. The van der Waals surface area contributed by atoms with Gasteiger partial charge in [0, 0.05) is 23.6 Å². The molecule has 4 aromatic rings. The van der Waals surface area contributed by atoms with Crippen molar-refractivity contribution in [3.8, 4) is 11.4 Å². The average Bonchev–Trinajstić information content (AvgIpc) is 3.17. The summed E-state index contributed by atoms with van der Waals surface area (Å²) in [5.74, 6) is -0.308. The lowest BCUT2D eigenvalue weighted by atomic mass is 10.1. The van der Waals surface area contributed by atoms with Gasteiger partial charge in [0.15, 0.2) is 6.10 Å². The number of ether oxygens (including phenoxy) is 1. The highest BCUT2D eigenvalue weighted by Gasteiger charge is 2.20. The number of anilines is 1. The highest BCUT2D eigenvalue weighted by molar-refractivity contribution is 5.98. The van der Waals surface area contributed by atoms with Gasteiger partial charge in [-0.25, -0.2) is 9.78 Å². The average molecular weight is 414 g/mol. The van der Waals surface area contributed by atoms with E-state index >= 15 is 0 Å². The summed E-state index contributed by atoms with van der Waals surface area (Å²) < 4.78 is 5.38. The van der Waals surface area contributed by atoms with Gasteiger partial charge in [0.05, 0.1) is 16.6 Å². The zero-order valence-corrected chi connectivity index (χ0v) is 17.5. The van der Waals surface area contributed by atoms with Gasteiger partial charge in [0.2, 0.25) is 0 Å². The Kier molecular flexibility index (Phi) is 5.49. The molecule has 1 atom stereocenters. The van der Waals surface area contributed by atoms with Gasteiger partial charge in [-0.2, -0.15) is 0 Å². The minimum atomic E-state index is -0.947. The molecule has 7 heteroatoms. The number of aromatic amines is 1. The number of nitrogens with zero attached hydrogens (tertiary/aromatic N) is 2. The van der Waals surface area contributed by atoms with Crippen LogP contribution < -0.4 is 5.32 Å². The van der Waals surface area contributed by atoms with Crippen molar-refractivity contribution in [1.82, 2.24) is 15.0 Å². The number of imidazole rings is 1. The van der Waals surface area contributed by atoms with Crippen LogP contribution in [0, 0.1) is 13.8 Å². The number of nitrogens with one attached hydrogen (secondary N) is 2. The van der Waals surface area contributed by atoms with Gasteiger partial charge >= 0.3 is 5.97 Å². The Morgan fingerprint density at radius 2 is 1.84 bits per heavy atom. The molecule has 0 saturated heterocycles. The molecule has 0 fully saturated rings. The summed E-state index contributed by atoms with van der Waals surface area (Å²) in [5.41, 5.74) is 5.35. The minimum absolute atomic E-state index is 0.333. The summed E-state index contributed by atoms with van der Waals surface area (Å²) in [7, 11) is 0. The van der Waals surface area contributed by atoms with Crippen LogP contribution in [-0.2, 0) is 9.53 Å². The highest BCUT2D eigenvalue weighted by atomic mass is 16.5. The number of esters is 1. The van der Waals surface area contributed by atoms with Gasteiger partial charge < -0.3 is 15.0 Å². The molecule has 2 aromatic carbocycles. The van der Waals surface area contributed by atoms with Crippen molar-refractivity contribution >= 4 is 28.6 Å². The number of benzene rings is 2. The van der Waals surface area contributed by atoms with Gasteiger partial charge in [-0.05, 0) is 74.4 Å². The van der Waals surface area contributed by atoms with E-state index in [0.29, 0.717) is 22.6 Å². The lowest BCUT2D eigenvalue weighted by Crippen LogP contribution is -2.30. The molecule has 0 saturated carbocycles. The normalized spacial score (nSPS) is 11.8. The molecule has 2 heterocycles. The summed E-state index contributed by atoms with van der Waals surface area (Å²) >= 11 is 0. The quantitative estimate of drug-likeness (QED) is 0.471. The molecule has 0 aliphatic carbocycles. The van der Waals surface area contributed by atoms with Crippen LogP contribution in [0.25, 0.3) is 22.4 Å². The van der Waals surface area contributed by atoms with E-state index in [0.717, 1.165) is 22.2 Å². The lowest BCUT2D eigenvalue weighted by molar-refractivity contribution is -0.123. The van der Waals surface area contributed by atoms with Crippen molar-refractivity contribution in [2.75, 3.05) is 5.32 Å². The van der Waals surface area contributed by atoms with Crippen molar-refractivity contribution in [3.05, 3.63) is 77.6 Å². The molecule has 0 bridgehead atoms. The topological polar surface area (TPSA) is 97.0 Å². The van der Waals surface area contributed by atoms with Crippen LogP contribution >= 0.6 is 0 Å². The first-order valence-corrected chi connectivity index (χ1v) is 9.89. The van der Waals surface area contributed by atoms with Crippen LogP contribution in [-0.4, -0.2) is 32.9 Å². The molecular weight excluding hydrogens is 392 g/mol. The Bertz CT molecular complexity index is 1240. The van der Waals surface area contributed by atoms with E-state index in [2.05, 4.69) is 20.3 Å². The molecule has 0 radical (unpaired) electrons. The van der Waals surface area contributed by atoms with Crippen LogP contribution in [0.4, 0.5) is 5.69 Å². The fraction of sp³-hybridized carbons (Fsp3) is 0.167. The lowest BCUT2D eigenvalue weighted by Gasteiger charge is -2.14. The fourth-order valence-corrected chi connectivity index (χ4v) is 3.35. The molecule has 2 N–H and O–H groups in total. The van der Waals surface area contributed by atoms with Crippen molar-refractivity contribution in [2.45, 2.75) is 26.9 Å². The van der Waals surface area contributed by atoms with Crippen LogP contribution in [0.15, 0.2) is 60.9 Å². The summed E-state index contributed by atoms with van der Waals surface area (Å²) in [5, 5.41) is 2.79. The third kappa shape index (κ3) is 4.61. The van der Waals surface area contributed by atoms with Gasteiger partial charge in [-0.3, -0.25) is 9.78 Å². The zero-order chi connectivity index (χ0) is 22.0. The maximum Gasteiger partial charge on any atom is 0.338 e. The van der Waals surface area contributed by atoms with Gasteiger partial charge in [0.1, 0.15) is 5.82 Å². The maximum atomic E-state index is 12.6. The number of carbonyl (C=O) groups excluding carboxylic acids is 2. The van der Waals surface area contributed by atoms with Crippen LogP contribution in [0.3, 0.4) is 0 Å². The molecule has 156 valence electrons. The Morgan fingerprint density at radius 1 is 1.06 bits per heavy atom. The van der Waals surface area contributed by atoms with E-state index in [1.165, 1.54) is 0 Å². The minimum Gasteiger partial charge on any atom is -0.449 e. The first-order chi connectivity index (χ1) is 14.9. The van der Waals surface area contributed by atoms with Gasteiger partial charge in [0.25, 0.3) is 5.91 Å². The number of rotatable bonds is 5. The molecular formula is C24H22N4O3. The Morgan fingerprint density at radius 3 is 2.55 bits per heavy atom. The molecule has 7 nitrogen and oxygen atoms in total. The predicted octanol–water partition coefficient (Wildman–Crippen LogP) is 4.43. The van der Waals surface area contributed by atoms with Crippen LogP contribution in [0.5, 0.6) is 0 Å². The number of carbonyl (C=O) groups is 2. The number of hydrogen-bond acceptors (Lipinski definition) is 5. The molecule has 1 amide bonds. The first kappa shape index (κ1) is 20.3. The molecule has 1 unspecified atom stereocenters. The summed E-state index contributed by atoms with van der Waals surface area (Å²) in [6.07, 6.45) is 2.46. The van der Waals surface area contributed by atoms with Crippen molar-refractivity contribution in [3.63, 3.8) is 0 Å². The summed E-state index contributed by atoms with van der Waals surface area (Å²) in [4.78, 5) is 36.9. The second-order valence-electron chi connectivity index (χ2n) is 7.47. The molecule has 4 rings (SSSR count). The van der Waals surface area contributed by atoms with E-state index in [-0.39, 0.29) is 5.91 Å².